The van der Waals surface area contributed by atoms with Gasteiger partial charge in [0, 0.05) is 12.6 Å². The van der Waals surface area contributed by atoms with Gasteiger partial charge in [-0.25, -0.2) is 8.42 Å². The van der Waals surface area contributed by atoms with Crippen LogP contribution in [0.25, 0.3) is 0 Å². The van der Waals surface area contributed by atoms with Crippen molar-refractivity contribution in [1.29, 1.82) is 0 Å². The molecule has 0 aromatic carbocycles. The zero-order chi connectivity index (χ0) is 12.3. The molecule has 1 fully saturated rings. The average molecular weight is 246 g/mol. The highest BCUT2D eigenvalue weighted by atomic mass is 32.2. The first-order valence-electron chi connectivity index (χ1n) is 5.25. The molecule has 5 nitrogen and oxygen atoms in total. The number of rotatable bonds is 4. The van der Waals surface area contributed by atoms with Crippen molar-refractivity contribution >= 4 is 15.7 Å². The van der Waals surface area contributed by atoms with Crippen LogP contribution >= 0.6 is 0 Å². The third kappa shape index (κ3) is 3.05. The fourth-order valence-electron chi connectivity index (χ4n) is 1.84. The second-order valence-electron chi connectivity index (χ2n) is 4.12. The van der Waals surface area contributed by atoms with Gasteiger partial charge in [-0.1, -0.05) is 6.08 Å². The minimum Gasteiger partial charge on any atom is -0.334 e. The molecule has 1 aliphatic heterocycles. The van der Waals surface area contributed by atoms with Crippen LogP contribution in [0, 0.1) is 0 Å². The summed E-state index contributed by atoms with van der Waals surface area (Å²) in [6, 6.07) is -0.857. The van der Waals surface area contributed by atoms with Gasteiger partial charge < -0.3 is 10.6 Å². The van der Waals surface area contributed by atoms with Gasteiger partial charge in [0.2, 0.25) is 5.91 Å². The van der Waals surface area contributed by atoms with Gasteiger partial charge in [-0.3, -0.25) is 4.79 Å². The van der Waals surface area contributed by atoms with E-state index in [9.17, 15) is 13.2 Å². The molecule has 0 spiro atoms. The van der Waals surface area contributed by atoms with Crippen molar-refractivity contribution in [3.05, 3.63) is 12.7 Å². The number of hydrogen-bond donors (Lipinski definition) is 1. The van der Waals surface area contributed by atoms with E-state index in [1.54, 1.807) is 13.0 Å². The van der Waals surface area contributed by atoms with Gasteiger partial charge in [0.1, 0.15) is 0 Å². The summed E-state index contributed by atoms with van der Waals surface area (Å²) in [7, 11) is -2.99. The Morgan fingerprint density at radius 1 is 1.69 bits per heavy atom. The van der Waals surface area contributed by atoms with Crippen LogP contribution in [0.3, 0.4) is 0 Å². The van der Waals surface area contributed by atoms with E-state index in [4.69, 9.17) is 5.73 Å². The number of carbonyl (C=O) groups excluding carboxylic acids is 1. The van der Waals surface area contributed by atoms with Crippen LogP contribution in [0.5, 0.6) is 0 Å². The molecule has 92 valence electrons. The average Bonchev–Trinajstić information content (AvgIpc) is 2.54. The molecule has 1 unspecified atom stereocenters. The molecular formula is C10H18N2O3S. The number of hydrogen-bond acceptors (Lipinski definition) is 4. The zero-order valence-electron chi connectivity index (χ0n) is 9.43. The SMILES string of the molecule is C=CCN(C(=O)[C@@H](C)N)C1CCS(=O)(=O)C1. The number of nitrogens with two attached hydrogens (primary N) is 1. The third-order valence-corrected chi connectivity index (χ3v) is 4.40. The summed E-state index contributed by atoms with van der Waals surface area (Å²) in [6.45, 7) is 5.51. The zero-order valence-corrected chi connectivity index (χ0v) is 10.2. The fourth-order valence-corrected chi connectivity index (χ4v) is 3.57. The summed E-state index contributed by atoms with van der Waals surface area (Å²) in [4.78, 5) is 13.3. The Labute approximate surface area is 96.2 Å². The molecule has 1 amide bonds. The van der Waals surface area contributed by atoms with Crippen molar-refractivity contribution in [1.82, 2.24) is 4.90 Å². The van der Waals surface area contributed by atoms with Crippen molar-refractivity contribution < 1.29 is 13.2 Å². The van der Waals surface area contributed by atoms with E-state index in [2.05, 4.69) is 6.58 Å². The molecule has 0 aromatic rings. The number of carbonyl (C=O) groups is 1. The van der Waals surface area contributed by atoms with Gasteiger partial charge in [-0.05, 0) is 13.3 Å². The second-order valence-corrected chi connectivity index (χ2v) is 6.35. The van der Waals surface area contributed by atoms with E-state index >= 15 is 0 Å². The first-order chi connectivity index (χ1) is 7.37. The lowest BCUT2D eigenvalue weighted by atomic mass is 10.2. The van der Waals surface area contributed by atoms with E-state index in [1.165, 1.54) is 4.90 Å². The Morgan fingerprint density at radius 3 is 2.69 bits per heavy atom. The summed E-state index contributed by atoms with van der Waals surface area (Å²) in [5.74, 6) is -0.0291. The predicted molar refractivity (Wildman–Crippen MR) is 62.6 cm³/mol. The molecule has 2 atom stereocenters. The molecular weight excluding hydrogens is 228 g/mol. The molecule has 0 aromatic heterocycles. The van der Waals surface area contributed by atoms with Gasteiger partial charge in [0.25, 0.3) is 0 Å². The van der Waals surface area contributed by atoms with Crippen LogP contribution < -0.4 is 5.73 Å². The Balaban J connectivity index is 2.79. The molecule has 2 N–H and O–H groups in total. The smallest absolute Gasteiger partial charge is 0.239 e. The lowest BCUT2D eigenvalue weighted by Crippen LogP contribution is -2.48. The summed E-state index contributed by atoms with van der Waals surface area (Å²) in [5.41, 5.74) is 5.53. The number of sulfone groups is 1. The molecule has 1 heterocycles. The standard InChI is InChI=1S/C10H18N2O3S/c1-3-5-12(10(13)8(2)11)9-4-6-16(14,15)7-9/h3,8-9H,1,4-7,11H2,2H3/t8-,9?/m1/s1. The van der Waals surface area contributed by atoms with Gasteiger partial charge in [0.05, 0.1) is 17.5 Å². The molecule has 0 aliphatic carbocycles. The van der Waals surface area contributed by atoms with E-state index in [0.717, 1.165) is 0 Å². The maximum Gasteiger partial charge on any atom is 0.239 e. The van der Waals surface area contributed by atoms with Gasteiger partial charge in [-0.15, -0.1) is 6.58 Å². The Bertz CT molecular complexity index is 376. The predicted octanol–water partition coefficient (Wildman–Crippen LogP) is -0.465. The Hall–Kier alpha value is -0.880. The summed E-state index contributed by atoms with van der Waals surface area (Å²) >= 11 is 0. The molecule has 0 bridgehead atoms. The van der Waals surface area contributed by atoms with Crippen molar-refractivity contribution in [3.8, 4) is 0 Å². The first kappa shape index (κ1) is 13.2. The van der Waals surface area contributed by atoms with Crippen molar-refractivity contribution in [2.45, 2.75) is 25.4 Å². The minimum atomic E-state index is -2.99. The van der Waals surface area contributed by atoms with Crippen LogP contribution in [0.4, 0.5) is 0 Å². The van der Waals surface area contributed by atoms with Crippen molar-refractivity contribution in [2.24, 2.45) is 5.73 Å². The van der Waals surface area contributed by atoms with E-state index < -0.39 is 15.9 Å². The van der Waals surface area contributed by atoms with Crippen LogP contribution in [0.1, 0.15) is 13.3 Å². The highest BCUT2D eigenvalue weighted by molar-refractivity contribution is 7.91. The molecule has 16 heavy (non-hydrogen) atoms. The van der Waals surface area contributed by atoms with Crippen molar-refractivity contribution in [2.75, 3.05) is 18.1 Å². The summed E-state index contributed by atoms with van der Waals surface area (Å²) in [6.07, 6.45) is 2.08. The van der Waals surface area contributed by atoms with E-state index in [0.29, 0.717) is 13.0 Å². The minimum absolute atomic E-state index is 0.0410. The number of amides is 1. The molecule has 1 saturated heterocycles. The third-order valence-electron chi connectivity index (χ3n) is 2.65. The van der Waals surface area contributed by atoms with Crippen LogP contribution in [0.2, 0.25) is 0 Å². The normalized spacial score (nSPS) is 25.0. The van der Waals surface area contributed by atoms with E-state index in [1.807, 2.05) is 0 Å². The van der Waals surface area contributed by atoms with E-state index in [-0.39, 0.29) is 23.5 Å². The van der Waals surface area contributed by atoms with Gasteiger partial charge in [0.15, 0.2) is 9.84 Å². The highest BCUT2D eigenvalue weighted by Crippen LogP contribution is 2.18. The number of nitrogens with zero attached hydrogens (tertiary/aromatic N) is 1. The summed E-state index contributed by atoms with van der Waals surface area (Å²) < 4.78 is 22.7. The molecule has 1 aliphatic rings. The topological polar surface area (TPSA) is 80.5 Å². The second kappa shape index (κ2) is 4.97. The lowest BCUT2D eigenvalue weighted by Gasteiger charge is -2.28. The Morgan fingerprint density at radius 2 is 2.31 bits per heavy atom. The van der Waals surface area contributed by atoms with Crippen molar-refractivity contribution in [3.63, 3.8) is 0 Å². The molecule has 1 rings (SSSR count). The monoisotopic (exact) mass is 246 g/mol. The van der Waals surface area contributed by atoms with Gasteiger partial charge >= 0.3 is 0 Å². The van der Waals surface area contributed by atoms with Crippen LogP contribution in [-0.2, 0) is 14.6 Å². The molecule has 0 radical (unpaired) electrons. The largest absolute Gasteiger partial charge is 0.334 e. The maximum absolute atomic E-state index is 11.8. The van der Waals surface area contributed by atoms with Crippen LogP contribution in [-0.4, -0.2) is 49.4 Å². The summed E-state index contributed by atoms with van der Waals surface area (Å²) in [5, 5.41) is 0. The Kier molecular flexibility index (Phi) is 4.09. The highest BCUT2D eigenvalue weighted by Gasteiger charge is 2.34. The first-order valence-corrected chi connectivity index (χ1v) is 7.07. The molecule has 6 heteroatoms. The van der Waals surface area contributed by atoms with Gasteiger partial charge in [-0.2, -0.15) is 0 Å². The quantitative estimate of drug-likeness (QED) is 0.680. The van der Waals surface area contributed by atoms with Crippen LogP contribution in [0.15, 0.2) is 12.7 Å². The lowest BCUT2D eigenvalue weighted by molar-refractivity contribution is -0.133. The fraction of sp³-hybridized carbons (Fsp3) is 0.700. The molecule has 0 saturated carbocycles. The maximum atomic E-state index is 11.8.